The predicted molar refractivity (Wildman–Crippen MR) is 93.3 cm³/mol. The number of benzene rings is 2. The third-order valence-electron chi connectivity index (χ3n) is 3.38. The molecule has 0 aromatic heterocycles. The fourth-order valence-corrected chi connectivity index (χ4v) is 2.33. The summed E-state index contributed by atoms with van der Waals surface area (Å²) < 4.78 is 48.7. The molecule has 0 saturated carbocycles. The average molecular weight is 403 g/mol. The van der Waals surface area contributed by atoms with Gasteiger partial charge in [-0.1, -0.05) is 11.6 Å². The van der Waals surface area contributed by atoms with Crippen LogP contribution in [0.15, 0.2) is 36.4 Å². The van der Waals surface area contributed by atoms with E-state index in [1.807, 2.05) is 0 Å². The molecule has 0 radical (unpaired) electrons. The molecule has 0 aliphatic heterocycles. The van der Waals surface area contributed by atoms with Gasteiger partial charge in [0.2, 0.25) is 0 Å². The summed E-state index contributed by atoms with van der Waals surface area (Å²) in [7, 11) is 2.83. The summed E-state index contributed by atoms with van der Waals surface area (Å²) in [5, 5.41) is 3.88. The number of ether oxygens (including phenoxy) is 2. The molecule has 2 aromatic rings. The molecule has 0 aliphatic rings. The van der Waals surface area contributed by atoms with Crippen molar-refractivity contribution in [2.24, 2.45) is 0 Å². The predicted octanol–water partition coefficient (Wildman–Crippen LogP) is 3.95. The minimum absolute atomic E-state index is 0.223. The molecule has 6 nitrogen and oxygen atoms in total. The molecule has 2 N–H and O–H groups in total. The SMILES string of the molecule is COc1ccc(NC(=O)C(=O)Nc2ccc(Cl)c(C(F)(F)F)c2)cc1OC. The topological polar surface area (TPSA) is 76.7 Å². The second-order valence-electron chi connectivity index (χ2n) is 5.17. The molecule has 0 heterocycles. The highest BCUT2D eigenvalue weighted by Gasteiger charge is 2.33. The lowest BCUT2D eigenvalue weighted by atomic mass is 10.2. The highest BCUT2D eigenvalue weighted by molar-refractivity contribution is 6.43. The van der Waals surface area contributed by atoms with E-state index in [0.29, 0.717) is 17.6 Å². The smallest absolute Gasteiger partial charge is 0.417 e. The van der Waals surface area contributed by atoms with Gasteiger partial charge in [0, 0.05) is 17.4 Å². The second-order valence-corrected chi connectivity index (χ2v) is 5.58. The van der Waals surface area contributed by atoms with Crippen molar-refractivity contribution < 1.29 is 32.2 Å². The van der Waals surface area contributed by atoms with E-state index in [9.17, 15) is 22.8 Å². The number of hydrogen-bond donors (Lipinski definition) is 2. The molecule has 144 valence electrons. The first-order valence-electron chi connectivity index (χ1n) is 7.36. The minimum atomic E-state index is -4.69. The van der Waals surface area contributed by atoms with Crippen LogP contribution in [-0.2, 0) is 15.8 Å². The number of amides is 2. The maximum Gasteiger partial charge on any atom is 0.417 e. The summed E-state index contributed by atoms with van der Waals surface area (Å²) in [4.78, 5) is 23.9. The molecule has 0 spiro atoms. The van der Waals surface area contributed by atoms with Crippen LogP contribution in [0.1, 0.15) is 5.56 Å². The highest BCUT2D eigenvalue weighted by atomic mass is 35.5. The third-order valence-corrected chi connectivity index (χ3v) is 3.71. The number of carbonyl (C=O) groups is 2. The monoisotopic (exact) mass is 402 g/mol. The number of methoxy groups -OCH3 is 2. The van der Waals surface area contributed by atoms with Gasteiger partial charge in [-0.15, -0.1) is 0 Å². The van der Waals surface area contributed by atoms with Gasteiger partial charge in [0.05, 0.1) is 24.8 Å². The number of hydrogen-bond acceptors (Lipinski definition) is 4. The molecule has 2 aromatic carbocycles. The van der Waals surface area contributed by atoms with Gasteiger partial charge in [-0.25, -0.2) is 0 Å². The Kier molecular flexibility index (Phi) is 6.17. The zero-order valence-corrected chi connectivity index (χ0v) is 14.9. The van der Waals surface area contributed by atoms with Crippen LogP contribution in [0.25, 0.3) is 0 Å². The molecular weight excluding hydrogens is 389 g/mol. The van der Waals surface area contributed by atoms with Gasteiger partial charge < -0.3 is 20.1 Å². The normalized spacial score (nSPS) is 10.9. The van der Waals surface area contributed by atoms with E-state index < -0.39 is 28.6 Å². The van der Waals surface area contributed by atoms with Crippen LogP contribution in [0, 0.1) is 0 Å². The molecule has 27 heavy (non-hydrogen) atoms. The van der Waals surface area contributed by atoms with Gasteiger partial charge in [-0.3, -0.25) is 9.59 Å². The van der Waals surface area contributed by atoms with Crippen molar-refractivity contribution in [3.05, 3.63) is 47.0 Å². The Bertz CT molecular complexity index is 872. The van der Waals surface area contributed by atoms with E-state index in [1.54, 1.807) is 0 Å². The molecule has 0 saturated heterocycles. The number of anilines is 2. The van der Waals surface area contributed by atoms with Crippen molar-refractivity contribution in [3.63, 3.8) is 0 Å². The third kappa shape index (κ3) is 5.04. The molecule has 0 fully saturated rings. The molecule has 0 aliphatic carbocycles. The van der Waals surface area contributed by atoms with Gasteiger partial charge in [0.1, 0.15) is 0 Å². The molecule has 0 bridgehead atoms. The zero-order chi connectivity index (χ0) is 20.2. The molecule has 0 unspecified atom stereocenters. The van der Waals surface area contributed by atoms with Crippen LogP contribution in [0.5, 0.6) is 11.5 Å². The highest BCUT2D eigenvalue weighted by Crippen LogP contribution is 2.36. The number of rotatable bonds is 4. The molecule has 2 amide bonds. The second kappa shape index (κ2) is 8.17. The van der Waals surface area contributed by atoms with Crippen molar-refractivity contribution in [1.29, 1.82) is 0 Å². The number of alkyl halides is 3. The van der Waals surface area contributed by atoms with Crippen LogP contribution in [-0.4, -0.2) is 26.0 Å². The van der Waals surface area contributed by atoms with E-state index in [1.165, 1.54) is 32.4 Å². The molecule has 10 heteroatoms. The van der Waals surface area contributed by atoms with Crippen molar-refractivity contribution in [2.45, 2.75) is 6.18 Å². The lowest BCUT2D eigenvalue weighted by Gasteiger charge is -2.12. The van der Waals surface area contributed by atoms with E-state index in [-0.39, 0.29) is 11.4 Å². The Balaban J connectivity index is 2.12. The van der Waals surface area contributed by atoms with Gasteiger partial charge in [-0.2, -0.15) is 13.2 Å². The first-order chi connectivity index (χ1) is 12.7. The summed E-state index contributed by atoms with van der Waals surface area (Å²) >= 11 is 5.51. The lowest BCUT2D eigenvalue weighted by Crippen LogP contribution is -2.29. The van der Waals surface area contributed by atoms with Gasteiger partial charge in [0.25, 0.3) is 0 Å². The maximum atomic E-state index is 12.8. The van der Waals surface area contributed by atoms with Crippen LogP contribution >= 0.6 is 11.6 Å². The Labute approximate surface area is 157 Å². The fraction of sp³-hybridized carbons (Fsp3) is 0.176. The van der Waals surface area contributed by atoms with Crippen LogP contribution < -0.4 is 20.1 Å². The molecule has 0 atom stereocenters. The van der Waals surface area contributed by atoms with Crippen LogP contribution in [0.4, 0.5) is 24.5 Å². The Morgan fingerprint density at radius 3 is 1.93 bits per heavy atom. The van der Waals surface area contributed by atoms with Gasteiger partial charge in [-0.05, 0) is 30.3 Å². The van der Waals surface area contributed by atoms with Gasteiger partial charge >= 0.3 is 18.0 Å². The Hall–Kier alpha value is -2.94. The fourth-order valence-electron chi connectivity index (χ4n) is 2.11. The number of halogens is 4. The van der Waals surface area contributed by atoms with Crippen molar-refractivity contribution in [3.8, 4) is 11.5 Å². The summed E-state index contributed by atoms with van der Waals surface area (Å²) in [5.41, 5.74) is -1.11. The molecular formula is C17H14ClF3N2O4. The average Bonchev–Trinajstić information content (AvgIpc) is 2.62. The van der Waals surface area contributed by atoms with Crippen molar-refractivity contribution >= 4 is 34.8 Å². The van der Waals surface area contributed by atoms with E-state index in [0.717, 1.165) is 12.1 Å². The summed E-state index contributed by atoms with van der Waals surface area (Å²) in [6.45, 7) is 0. The largest absolute Gasteiger partial charge is 0.493 e. The quantitative estimate of drug-likeness (QED) is 0.759. The first kappa shape index (κ1) is 20.4. The maximum absolute atomic E-state index is 12.8. The summed E-state index contributed by atoms with van der Waals surface area (Å²) in [6, 6.07) is 7.18. The molecule has 2 rings (SSSR count). The number of carbonyl (C=O) groups excluding carboxylic acids is 2. The minimum Gasteiger partial charge on any atom is -0.493 e. The van der Waals surface area contributed by atoms with E-state index >= 15 is 0 Å². The van der Waals surface area contributed by atoms with Crippen molar-refractivity contribution in [1.82, 2.24) is 0 Å². The van der Waals surface area contributed by atoms with E-state index in [2.05, 4.69) is 10.6 Å². The van der Waals surface area contributed by atoms with Crippen LogP contribution in [0.2, 0.25) is 5.02 Å². The van der Waals surface area contributed by atoms with Gasteiger partial charge in [0.15, 0.2) is 11.5 Å². The van der Waals surface area contributed by atoms with Crippen LogP contribution in [0.3, 0.4) is 0 Å². The zero-order valence-electron chi connectivity index (χ0n) is 14.1. The number of nitrogens with one attached hydrogen (secondary N) is 2. The Morgan fingerprint density at radius 2 is 1.41 bits per heavy atom. The summed E-state index contributed by atoms with van der Waals surface area (Å²) in [6.07, 6.45) is -4.69. The lowest BCUT2D eigenvalue weighted by molar-refractivity contribution is -0.137. The van der Waals surface area contributed by atoms with E-state index in [4.69, 9.17) is 21.1 Å². The van der Waals surface area contributed by atoms with Crippen molar-refractivity contribution in [2.75, 3.05) is 24.9 Å². The standard InChI is InChI=1S/C17H14ClF3N2O4/c1-26-13-6-4-10(8-14(13)27-2)23-16(25)15(24)22-9-3-5-12(18)11(7-9)17(19,20)21/h3-8H,1-2H3,(H,22,24)(H,23,25). The summed E-state index contributed by atoms with van der Waals surface area (Å²) in [5.74, 6) is -1.49. The Morgan fingerprint density at radius 1 is 0.889 bits per heavy atom. The first-order valence-corrected chi connectivity index (χ1v) is 7.74.